The average Bonchev–Trinajstić information content (AvgIpc) is 3.14. The van der Waals surface area contributed by atoms with Crippen molar-refractivity contribution in [2.45, 2.75) is 59.8 Å². The third-order valence-corrected chi connectivity index (χ3v) is 4.43. The van der Waals surface area contributed by atoms with Gasteiger partial charge in [0.1, 0.15) is 6.73 Å². The van der Waals surface area contributed by atoms with Crippen LogP contribution in [0.1, 0.15) is 43.6 Å². The summed E-state index contributed by atoms with van der Waals surface area (Å²) in [5, 5.41) is 7.52. The van der Waals surface area contributed by atoms with E-state index in [4.69, 9.17) is 9.47 Å². The number of hydrogen-bond donors (Lipinski definition) is 1. The van der Waals surface area contributed by atoms with Gasteiger partial charge in [-0.25, -0.2) is 4.68 Å². The minimum Gasteiger partial charge on any atom is -0.376 e. The molecule has 2 unspecified atom stereocenters. The molecule has 1 aliphatic heterocycles. The lowest BCUT2D eigenvalue weighted by molar-refractivity contribution is -0.125. The molecular formula is C17H29N3O3. The van der Waals surface area contributed by atoms with Gasteiger partial charge in [-0.3, -0.25) is 4.79 Å². The van der Waals surface area contributed by atoms with E-state index in [9.17, 15) is 4.79 Å². The maximum absolute atomic E-state index is 12.3. The van der Waals surface area contributed by atoms with E-state index in [2.05, 4.69) is 10.4 Å². The summed E-state index contributed by atoms with van der Waals surface area (Å²) in [6.07, 6.45) is 3.01. The van der Waals surface area contributed by atoms with Crippen molar-refractivity contribution in [3.05, 3.63) is 17.0 Å². The van der Waals surface area contributed by atoms with Crippen molar-refractivity contribution in [2.24, 2.45) is 5.92 Å². The van der Waals surface area contributed by atoms with Crippen LogP contribution in [0.5, 0.6) is 0 Å². The highest BCUT2D eigenvalue weighted by Crippen LogP contribution is 2.18. The molecule has 0 saturated carbocycles. The van der Waals surface area contributed by atoms with Gasteiger partial charge in [-0.2, -0.15) is 5.10 Å². The molecule has 0 aromatic carbocycles. The number of rotatable bonds is 8. The summed E-state index contributed by atoms with van der Waals surface area (Å²) in [7, 11) is 0. The van der Waals surface area contributed by atoms with Crippen LogP contribution in [0.25, 0.3) is 0 Å². The predicted octanol–water partition coefficient (Wildman–Crippen LogP) is 1.97. The Bertz CT molecular complexity index is 521. The van der Waals surface area contributed by atoms with Crippen LogP contribution < -0.4 is 5.32 Å². The molecule has 1 aromatic heterocycles. The second-order valence-corrected chi connectivity index (χ2v) is 6.26. The zero-order valence-electron chi connectivity index (χ0n) is 14.7. The zero-order valence-corrected chi connectivity index (χ0v) is 14.7. The molecule has 6 heteroatoms. The van der Waals surface area contributed by atoms with Crippen LogP contribution in [0.4, 0.5) is 0 Å². The van der Waals surface area contributed by atoms with Crippen molar-refractivity contribution >= 4 is 5.91 Å². The van der Waals surface area contributed by atoms with E-state index in [1.54, 1.807) is 0 Å². The van der Waals surface area contributed by atoms with Crippen molar-refractivity contribution in [1.29, 1.82) is 0 Å². The van der Waals surface area contributed by atoms with Gasteiger partial charge in [-0.15, -0.1) is 0 Å². The van der Waals surface area contributed by atoms with E-state index in [1.807, 2.05) is 32.4 Å². The molecule has 1 fully saturated rings. The van der Waals surface area contributed by atoms with E-state index < -0.39 is 0 Å². The Hall–Kier alpha value is -1.40. The fourth-order valence-corrected chi connectivity index (χ4v) is 2.93. The second kappa shape index (κ2) is 8.45. The lowest BCUT2D eigenvalue weighted by atomic mass is 9.99. The van der Waals surface area contributed by atoms with Gasteiger partial charge in [-0.1, -0.05) is 6.92 Å². The Balaban J connectivity index is 1.89. The summed E-state index contributed by atoms with van der Waals surface area (Å²) in [6, 6.07) is 0. The number of amides is 1. The zero-order chi connectivity index (χ0) is 16.8. The average molecular weight is 323 g/mol. The number of nitrogens with zero attached hydrogens (tertiary/aromatic N) is 2. The van der Waals surface area contributed by atoms with Crippen LogP contribution in [0, 0.1) is 19.8 Å². The van der Waals surface area contributed by atoms with Crippen LogP contribution in [0.2, 0.25) is 0 Å². The van der Waals surface area contributed by atoms with Crippen LogP contribution in [-0.2, 0) is 27.4 Å². The summed E-state index contributed by atoms with van der Waals surface area (Å²) >= 11 is 0. The number of ether oxygens (including phenoxy) is 2. The molecule has 23 heavy (non-hydrogen) atoms. The lowest BCUT2D eigenvalue weighted by Crippen LogP contribution is -2.36. The van der Waals surface area contributed by atoms with Crippen molar-refractivity contribution < 1.29 is 14.3 Å². The molecule has 2 rings (SSSR count). The second-order valence-electron chi connectivity index (χ2n) is 6.26. The van der Waals surface area contributed by atoms with Crippen molar-refractivity contribution in [1.82, 2.24) is 15.1 Å². The van der Waals surface area contributed by atoms with Crippen molar-refractivity contribution in [2.75, 3.05) is 19.8 Å². The molecular weight excluding hydrogens is 294 g/mol. The van der Waals surface area contributed by atoms with E-state index >= 15 is 0 Å². The van der Waals surface area contributed by atoms with Gasteiger partial charge in [0.2, 0.25) is 5.91 Å². The number of hydrogen-bond acceptors (Lipinski definition) is 4. The predicted molar refractivity (Wildman–Crippen MR) is 88.2 cm³/mol. The minimum absolute atomic E-state index is 0.0804. The molecule has 1 N–H and O–H groups in total. The van der Waals surface area contributed by atoms with E-state index in [1.165, 1.54) is 0 Å². The fraction of sp³-hybridized carbons (Fsp3) is 0.765. The molecule has 2 atom stereocenters. The molecule has 130 valence electrons. The molecule has 2 heterocycles. The molecule has 1 aromatic rings. The lowest BCUT2D eigenvalue weighted by Gasteiger charge is -2.15. The summed E-state index contributed by atoms with van der Waals surface area (Å²) < 4.78 is 12.8. The maximum atomic E-state index is 12.3. The normalized spacial score (nSPS) is 19.0. The Morgan fingerprint density at radius 1 is 1.52 bits per heavy atom. The molecule has 6 nitrogen and oxygen atoms in total. The summed E-state index contributed by atoms with van der Waals surface area (Å²) in [4.78, 5) is 12.3. The topological polar surface area (TPSA) is 65.4 Å². The first-order chi connectivity index (χ1) is 11.0. The van der Waals surface area contributed by atoms with Gasteiger partial charge in [0.25, 0.3) is 0 Å². The third-order valence-electron chi connectivity index (χ3n) is 4.43. The SMILES string of the molecule is CCOCn1nc(C)c(CC(C)C(=O)NCC2CCCO2)c1C. The summed E-state index contributed by atoms with van der Waals surface area (Å²) in [5.41, 5.74) is 3.19. The molecule has 0 spiro atoms. The number of aryl methyl sites for hydroxylation is 1. The largest absolute Gasteiger partial charge is 0.376 e. The Labute approximate surface area is 138 Å². The van der Waals surface area contributed by atoms with Gasteiger partial charge < -0.3 is 14.8 Å². The number of aromatic nitrogens is 2. The smallest absolute Gasteiger partial charge is 0.223 e. The van der Waals surface area contributed by atoms with E-state index in [0.717, 1.165) is 36.4 Å². The van der Waals surface area contributed by atoms with Gasteiger partial charge in [0.05, 0.1) is 11.8 Å². The number of carbonyl (C=O) groups is 1. The highest BCUT2D eigenvalue weighted by molar-refractivity contribution is 5.78. The first-order valence-corrected chi connectivity index (χ1v) is 8.52. The fourth-order valence-electron chi connectivity index (χ4n) is 2.93. The van der Waals surface area contributed by atoms with Crippen molar-refractivity contribution in [3.8, 4) is 0 Å². The van der Waals surface area contributed by atoms with Crippen LogP contribution >= 0.6 is 0 Å². The van der Waals surface area contributed by atoms with Crippen LogP contribution in [-0.4, -0.2) is 41.6 Å². The van der Waals surface area contributed by atoms with Crippen molar-refractivity contribution in [3.63, 3.8) is 0 Å². The summed E-state index contributed by atoms with van der Waals surface area (Å²) in [6.45, 7) is 10.5. The standard InChI is InChI=1S/C17H29N3O3/c1-5-22-11-20-14(4)16(13(3)19-20)9-12(2)17(21)18-10-15-7-6-8-23-15/h12,15H,5-11H2,1-4H3,(H,18,21). The Morgan fingerprint density at radius 2 is 2.30 bits per heavy atom. The van der Waals surface area contributed by atoms with Crippen LogP contribution in [0.3, 0.4) is 0 Å². The number of nitrogens with one attached hydrogen (secondary N) is 1. The monoisotopic (exact) mass is 323 g/mol. The highest BCUT2D eigenvalue weighted by Gasteiger charge is 2.21. The van der Waals surface area contributed by atoms with E-state index in [0.29, 0.717) is 26.3 Å². The molecule has 0 aliphatic carbocycles. The van der Waals surface area contributed by atoms with Gasteiger partial charge >= 0.3 is 0 Å². The quantitative estimate of drug-likeness (QED) is 0.794. The van der Waals surface area contributed by atoms with Gasteiger partial charge in [0, 0.05) is 31.4 Å². The minimum atomic E-state index is -0.0847. The maximum Gasteiger partial charge on any atom is 0.223 e. The Morgan fingerprint density at radius 3 is 2.96 bits per heavy atom. The molecule has 1 aliphatic rings. The highest BCUT2D eigenvalue weighted by atomic mass is 16.5. The van der Waals surface area contributed by atoms with Crippen LogP contribution in [0.15, 0.2) is 0 Å². The van der Waals surface area contributed by atoms with Gasteiger partial charge in [-0.05, 0) is 45.6 Å². The molecule has 1 saturated heterocycles. The summed E-state index contributed by atoms with van der Waals surface area (Å²) in [5.74, 6) is -0.00425. The number of carbonyl (C=O) groups excluding carboxylic acids is 1. The molecule has 0 bridgehead atoms. The molecule has 0 radical (unpaired) electrons. The molecule has 1 amide bonds. The Kier molecular flexibility index (Phi) is 6.59. The first-order valence-electron chi connectivity index (χ1n) is 8.52. The third kappa shape index (κ3) is 4.78. The van der Waals surface area contributed by atoms with Gasteiger partial charge in [0.15, 0.2) is 0 Å². The first kappa shape index (κ1) is 17.9. The van der Waals surface area contributed by atoms with E-state index in [-0.39, 0.29) is 17.9 Å².